The quantitative estimate of drug-likeness (QED) is 0.718. The van der Waals surface area contributed by atoms with E-state index in [2.05, 4.69) is 35.8 Å². The first-order valence-electron chi connectivity index (χ1n) is 10.7. The Bertz CT molecular complexity index is 795. The standard InChI is InChI=1S/C24H34N4O/c1-19(2)7-6-14-27-15-17-28(18-16-27)23-9-5-4-8-22(23)26(3)24(29)20-10-12-21(25)13-11-20/h4-5,8-13,19H,6-7,14-18,25H2,1-3H3. The Morgan fingerprint density at radius 2 is 1.69 bits per heavy atom. The summed E-state index contributed by atoms with van der Waals surface area (Å²) < 4.78 is 0. The van der Waals surface area contributed by atoms with Crippen molar-refractivity contribution < 1.29 is 4.79 Å². The van der Waals surface area contributed by atoms with Gasteiger partial charge in [-0.15, -0.1) is 0 Å². The Hall–Kier alpha value is -2.53. The Kier molecular flexibility index (Phi) is 7.15. The summed E-state index contributed by atoms with van der Waals surface area (Å²) in [4.78, 5) is 19.7. The molecular formula is C24H34N4O. The number of anilines is 3. The fourth-order valence-corrected chi connectivity index (χ4v) is 3.88. The van der Waals surface area contributed by atoms with Crippen LogP contribution in [0.25, 0.3) is 0 Å². The predicted molar refractivity (Wildman–Crippen MR) is 123 cm³/mol. The monoisotopic (exact) mass is 394 g/mol. The molecule has 1 amide bonds. The van der Waals surface area contributed by atoms with Gasteiger partial charge in [0.05, 0.1) is 11.4 Å². The predicted octanol–water partition coefficient (Wildman–Crippen LogP) is 4.10. The normalized spacial score (nSPS) is 15.0. The van der Waals surface area contributed by atoms with Crippen LogP contribution in [-0.4, -0.2) is 50.6 Å². The Morgan fingerprint density at radius 3 is 2.34 bits per heavy atom. The average Bonchev–Trinajstić information content (AvgIpc) is 2.73. The number of para-hydroxylation sites is 2. The van der Waals surface area contributed by atoms with Crippen molar-refractivity contribution in [2.75, 3.05) is 55.3 Å². The molecule has 1 fully saturated rings. The zero-order chi connectivity index (χ0) is 20.8. The van der Waals surface area contributed by atoms with Gasteiger partial charge in [-0.3, -0.25) is 9.69 Å². The molecule has 1 aliphatic heterocycles. The van der Waals surface area contributed by atoms with Crippen LogP contribution in [0.1, 0.15) is 37.0 Å². The highest BCUT2D eigenvalue weighted by atomic mass is 16.2. The van der Waals surface area contributed by atoms with E-state index in [0.29, 0.717) is 11.3 Å². The van der Waals surface area contributed by atoms with Crippen LogP contribution in [-0.2, 0) is 0 Å². The molecule has 1 aliphatic rings. The Balaban J connectivity index is 1.66. The van der Waals surface area contributed by atoms with E-state index in [1.807, 2.05) is 19.2 Å². The van der Waals surface area contributed by atoms with Gasteiger partial charge >= 0.3 is 0 Å². The molecule has 0 saturated carbocycles. The van der Waals surface area contributed by atoms with Gasteiger partial charge in [0.1, 0.15) is 0 Å². The van der Waals surface area contributed by atoms with Gasteiger partial charge in [-0.1, -0.05) is 26.0 Å². The summed E-state index contributed by atoms with van der Waals surface area (Å²) in [6.07, 6.45) is 2.56. The number of hydrogen-bond acceptors (Lipinski definition) is 4. The van der Waals surface area contributed by atoms with E-state index in [9.17, 15) is 4.79 Å². The summed E-state index contributed by atoms with van der Waals surface area (Å²) in [6, 6.07) is 15.3. The molecule has 0 spiro atoms. The molecule has 3 rings (SSSR count). The lowest BCUT2D eigenvalue weighted by Crippen LogP contribution is -2.47. The minimum absolute atomic E-state index is 0.0234. The molecule has 2 aromatic carbocycles. The molecule has 156 valence electrons. The molecule has 0 radical (unpaired) electrons. The molecule has 5 heteroatoms. The summed E-state index contributed by atoms with van der Waals surface area (Å²) in [5.41, 5.74) is 9.14. The second kappa shape index (κ2) is 9.79. The van der Waals surface area contributed by atoms with E-state index in [1.165, 1.54) is 19.4 Å². The fourth-order valence-electron chi connectivity index (χ4n) is 3.88. The zero-order valence-electron chi connectivity index (χ0n) is 18.0. The first-order valence-corrected chi connectivity index (χ1v) is 10.7. The van der Waals surface area contributed by atoms with E-state index in [0.717, 1.165) is 43.5 Å². The molecular weight excluding hydrogens is 360 g/mol. The lowest BCUT2D eigenvalue weighted by Gasteiger charge is -2.38. The third-order valence-electron chi connectivity index (χ3n) is 5.67. The van der Waals surface area contributed by atoms with Crippen molar-refractivity contribution in [3.8, 4) is 0 Å². The number of carbonyl (C=O) groups excluding carboxylic acids is 1. The van der Waals surface area contributed by atoms with Gasteiger partial charge in [-0.2, -0.15) is 0 Å². The second-order valence-electron chi connectivity index (χ2n) is 8.34. The van der Waals surface area contributed by atoms with Crippen molar-refractivity contribution in [1.82, 2.24) is 4.90 Å². The van der Waals surface area contributed by atoms with E-state index >= 15 is 0 Å². The summed E-state index contributed by atoms with van der Waals surface area (Å²) in [5, 5.41) is 0. The fraction of sp³-hybridized carbons (Fsp3) is 0.458. The highest BCUT2D eigenvalue weighted by Gasteiger charge is 2.22. The minimum atomic E-state index is -0.0234. The van der Waals surface area contributed by atoms with Crippen molar-refractivity contribution in [3.63, 3.8) is 0 Å². The molecule has 0 unspecified atom stereocenters. The SMILES string of the molecule is CC(C)CCCN1CCN(c2ccccc2N(C)C(=O)c2ccc(N)cc2)CC1. The van der Waals surface area contributed by atoms with Crippen molar-refractivity contribution in [1.29, 1.82) is 0 Å². The lowest BCUT2D eigenvalue weighted by atomic mass is 10.1. The molecule has 1 saturated heterocycles. The van der Waals surface area contributed by atoms with Crippen molar-refractivity contribution in [2.24, 2.45) is 5.92 Å². The van der Waals surface area contributed by atoms with Gasteiger partial charge in [0.15, 0.2) is 0 Å². The molecule has 0 aliphatic carbocycles. The maximum absolute atomic E-state index is 13.0. The average molecular weight is 395 g/mol. The van der Waals surface area contributed by atoms with Crippen LogP contribution >= 0.6 is 0 Å². The number of nitrogens with two attached hydrogens (primary N) is 1. The number of nitrogens with zero attached hydrogens (tertiary/aromatic N) is 3. The third-order valence-corrected chi connectivity index (χ3v) is 5.67. The largest absolute Gasteiger partial charge is 0.399 e. The van der Waals surface area contributed by atoms with Crippen molar-refractivity contribution in [3.05, 3.63) is 54.1 Å². The van der Waals surface area contributed by atoms with Crippen LogP contribution in [0.5, 0.6) is 0 Å². The first kappa shape index (κ1) is 21.2. The Morgan fingerprint density at radius 1 is 1.03 bits per heavy atom. The minimum Gasteiger partial charge on any atom is -0.399 e. The van der Waals surface area contributed by atoms with Crippen molar-refractivity contribution in [2.45, 2.75) is 26.7 Å². The number of rotatable bonds is 7. The van der Waals surface area contributed by atoms with E-state index in [-0.39, 0.29) is 5.91 Å². The molecule has 5 nitrogen and oxygen atoms in total. The van der Waals surface area contributed by atoms with Gasteiger partial charge in [0, 0.05) is 44.5 Å². The summed E-state index contributed by atoms with van der Waals surface area (Å²) >= 11 is 0. The third kappa shape index (κ3) is 5.51. The van der Waals surface area contributed by atoms with Crippen molar-refractivity contribution >= 4 is 23.0 Å². The van der Waals surface area contributed by atoms with Gasteiger partial charge in [0.2, 0.25) is 0 Å². The van der Waals surface area contributed by atoms with Crippen LogP contribution in [0.3, 0.4) is 0 Å². The molecule has 2 aromatic rings. The molecule has 0 bridgehead atoms. The van der Waals surface area contributed by atoms with Gasteiger partial charge in [-0.05, 0) is 61.7 Å². The topological polar surface area (TPSA) is 52.8 Å². The van der Waals surface area contributed by atoms with E-state index in [4.69, 9.17) is 5.73 Å². The van der Waals surface area contributed by atoms with E-state index in [1.54, 1.807) is 29.2 Å². The van der Waals surface area contributed by atoms with E-state index < -0.39 is 0 Å². The molecule has 0 atom stereocenters. The van der Waals surface area contributed by atoms with Crippen LogP contribution in [0.2, 0.25) is 0 Å². The maximum atomic E-state index is 13.0. The van der Waals surface area contributed by atoms with Gasteiger partial charge < -0.3 is 15.5 Å². The lowest BCUT2D eigenvalue weighted by molar-refractivity contribution is 0.0993. The summed E-state index contributed by atoms with van der Waals surface area (Å²) in [6.45, 7) is 9.88. The first-order chi connectivity index (χ1) is 14.0. The number of benzene rings is 2. The van der Waals surface area contributed by atoms with Crippen LogP contribution < -0.4 is 15.5 Å². The Labute approximate surface area is 175 Å². The number of nitrogen functional groups attached to an aromatic ring is 1. The number of amides is 1. The smallest absolute Gasteiger partial charge is 0.258 e. The highest BCUT2D eigenvalue weighted by molar-refractivity contribution is 6.07. The second-order valence-corrected chi connectivity index (χ2v) is 8.34. The molecule has 2 N–H and O–H groups in total. The molecule has 1 heterocycles. The molecule has 0 aromatic heterocycles. The summed E-state index contributed by atoms with van der Waals surface area (Å²) in [7, 11) is 1.85. The van der Waals surface area contributed by atoms with Crippen LogP contribution in [0.15, 0.2) is 48.5 Å². The van der Waals surface area contributed by atoms with Gasteiger partial charge in [-0.25, -0.2) is 0 Å². The van der Waals surface area contributed by atoms with Crippen LogP contribution in [0.4, 0.5) is 17.1 Å². The van der Waals surface area contributed by atoms with Gasteiger partial charge in [0.25, 0.3) is 5.91 Å². The molecule has 29 heavy (non-hydrogen) atoms. The number of carbonyl (C=O) groups is 1. The zero-order valence-corrected chi connectivity index (χ0v) is 18.0. The highest BCUT2D eigenvalue weighted by Crippen LogP contribution is 2.30. The number of piperazine rings is 1. The maximum Gasteiger partial charge on any atom is 0.258 e. The number of hydrogen-bond donors (Lipinski definition) is 1. The van der Waals surface area contributed by atoms with Crippen LogP contribution in [0, 0.1) is 5.92 Å². The summed E-state index contributed by atoms with van der Waals surface area (Å²) in [5.74, 6) is 0.752.